The number of thiazole rings is 1. The lowest BCUT2D eigenvalue weighted by molar-refractivity contribution is -0.137. The van der Waals surface area contributed by atoms with Crippen LogP contribution in [0.1, 0.15) is 27.4 Å². The summed E-state index contributed by atoms with van der Waals surface area (Å²) in [5.74, 6) is 6.15. The van der Waals surface area contributed by atoms with Crippen molar-refractivity contribution in [1.29, 1.82) is 0 Å². The van der Waals surface area contributed by atoms with Crippen molar-refractivity contribution in [2.24, 2.45) is 5.84 Å². The van der Waals surface area contributed by atoms with Gasteiger partial charge < -0.3 is 4.74 Å². The number of nitrogens with one attached hydrogen (secondary N) is 1. The van der Waals surface area contributed by atoms with Crippen molar-refractivity contribution in [3.63, 3.8) is 0 Å². The van der Waals surface area contributed by atoms with Gasteiger partial charge in [0.05, 0.1) is 12.6 Å². The molecule has 0 aliphatic carbocycles. The zero-order chi connectivity index (χ0) is 15.0. The first-order valence-electron chi connectivity index (χ1n) is 6.21. The van der Waals surface area contributed by atoms with E-state index in [9.17, 15) is 13.2 Å². The number of hydrogen-bond donors (Lipinski definition) is 2. The second-order valence-corrected chi connectivity index (χ2v) is 5.73. The number of ether oxygens (including phenoxy) is 1. The molecule has 1 aromatic heterocycles. The van der Waals surface area contributed by atoms with Crippen LogP contribution in [0.4, 0.5) is 13.2 Å². The van der Waals surface area contributed by atoms with Gasteiger partial charge in [-0.3, -0.25) is 11.3 Å². The van der Waals surface area contributed by atoms with Crippen LogP contribution < -0.4 is 16.0 Å². The first-order valence-corrected chi connectivity index (χ1v) is 7.03. The standard InChI is InChI=1S/C13H12F3N3OS/c14-13(15,16)12-18-5-10(21-12)11(19-17)8-6-20-9-4-2-1-3-7(8)9/h1-5,8,11,19H,6,17H2. The maximum absolute atomic E-state index is 12.7. The third kappa shape index (κ3) is 2.61. The van der Waals surface area contributed by atoms with E-state index in [1.165, 1.54) is 6.20 Å². The maximum atomic E-state index is 12.7. The van der Waals surface area contributed by atoms with Gasteiger partial charge in [0.1, 0.15) is 5.75 Å². The molecule has 8 heteroatoms. The minimum absolute atomic E-state index is 0.146. The Morgan fingerprint density at radius 3 is 2.81 bits per heavy atom. The molecule has 2 unspecified atom stereocenters. The Morgan fingerprint density at radius 1 is 1.38 bits per heavy atom. The average molecular weight is 315 g/mol. The zero-order valence-corrected chi connectivity index (χ0v) is 11.5. The predicted octanol–water partition coefficient (Wildman–Crippen LogP) is 2.84. The topological polar surface area (TPSA) is 60.2 Å². The van der Waals surface area contributed by atoms with Gasteiger partial charge in [0.2, 0.25) is 0 Å². The molecule has 21 heavy (non-hydrogen) atoms. The molecule has 1 aliphatic rings. The number of rotatable bonds is 3. The molecule has 0 spiro atoms. The fourth-order valence-corrected chi connectivity index (χ4v) is 3.33. The van der Waals surface area contributed by atoms with Crippen LogP contribution >= 0.6 is 11.3 Å². The molecule has 1 aliphatic heterocycles. The van der Waals surface area contributed by atoms with E-state index < -0.39 is 17.2 Å². The Labute approximate surface area is 122 Å². The summed E-state index contributed by atoms with van der Waals surface area (Å²) in [6.45, 7) is 0.369. The Bertz CT molecular complexity index is 644. The van der Waals surface area contributed by atoms with E-state index in [-0.39, 0.29) is 5.92 Å². The molecule has 0 saturated heterocycles. The van der Waals surface area contributed by atoms with Crippen LogP contribution in [0.5, 0.6) is 5.75 Å². The Morgan fingerprint density at radius 2 is 2.14 bits per heavy atom. The summed E-state index contributed by atoms with van der Waals surface area (Å²) in [5, 5.41) is -0.870. The molecule has 0 radical (unpaired) electrons. The maximum Gasteiger partial charge on any atom is 0.443 e. The van der Waals surface area contributed by atoms with Crippen LogP contribution in [0.3, 0.4) is 0 Å². The number of hydrazine groups is 1. The van der Waals surface area contributed by atoms with Gasteiger partial charge in [0.15, 0.2) is 5.01 Å². The number of para-hydroxylation sites is 1. The summed E-state index contributed by atoms with van der Waals surface area (Å²) >= 11 is 0.600. The molecule has 2 atom stereocenters. The molecule has 0 amide bonds. The highest BCUT2D eigenvalue weighted by Crippen LogP contribution is 2.43. The summed E-state index contributed by atoms with van der Waals surface area (Å²) < 4.78 is 43.5. The van der Waals surface area contributed by atoms with Crippen molar-refractivity contribution in [1.82, 2.24) is 10.4 Å². The molecule has 0 fully saturated rings. The highest BCUT2D eigenvalue weighted by molar-refractivity contribution is 7.11. The van der Waals surface area contributed by atoms with Gasteiger partial charge in [-0.15, -0.1) is 11.3 Å². The number of halogens is 3. The second kappa shape index (κ2) is 5.28. The largest absolute Gasteiger partial charge is 0.493 e. The lowest BCUT2D eigenvalue weighted by Gasteiger charge is -2.20. The molecule has 1 aromatic carbocycles. The summed E-state index contributed by atoms with van der Waals surface area (Å²) in [5.41, 5.74) is 3.52. The smallest absolute Gasteiger partial charge is 0.443 e. The number of aromatic nitrogens is 1. The molecule has 3 N–H and O–H groups in total. The normalized spacial score (nSPS) is 19.1. The summed E-state index contributed by atoms with van der Waals surface area (Å²) in [6.07, 6.45) is -3.22. The van der Waals surface area contributed by atoms with Crippen molar-refractivity contribution < 1.29 is 17.9 Å². The fourth-order valence-electron chi connectivity index (χ4n) is 2.42. The van der Waals surface area contributed by atoms with Crippen molar-refractivity contribution >= 4 is 11.3 Å². The van der Waals surface area contributed by atoms with E-state index in [2.05, 4.69) is 10.4 Å². The van der Waals surface area contributed by atoms with Crippen molar-refractivity contribution in [3.05, 3.63) is 45.9 Å². The third-order valence-electron chi connectivity index (χ3n) is 3.39. The van der Waals surface area contributed by atoms with Gasteiger partial charge in [-0.1, -0.05) is 18.2 Å². The van der Waals surface area contributed by atoms with Crippen molar-refractivity contribution in [2.75, 3.05) is 6.61 Å². The van der Waals surface area contributed by atoms with E-state index in [0.29, 0.717) is 22.8 Å². The van der Waals surface area contributed by atoms with Crippen LogP contribution in [0.2, 0.25) is 0 Å². The molecule has 0 saturated carbocycles. The number of benzene rings is 1. The van der Waals surface area contributed by atoms with Crippen LogP contribution in [-0.4, -0.2) is 11.6 Å². The predicted molar refractivity (Wildman–Crippen MR) is 71.9 cm³/mol. The number of hydrogen-bond acceptors (Lipinski definition) is 5. The Balaban J connectivity index is 1.91. The average Bonchev–Trinajstić information content (AvgIpc) is 3.07. The van der Waals surface area contributed by atoms with E-state index in [0.717, 1.165) is 11.3 Å². The minimum Gasteiger partial charge on any atom is -0.493 e. The minimum atomic E-state index is -4.44. The Hall–Kier alpha value is -1.64. The fraction of sp³-hybridized carbons (Fsp3) is 0.308. The quantitative estimate of drug-likeness (QED) is 0.675. The van der Waals surface area contributed by atoms with E-state index in [1.807, 2.05) is 24.3 Å². The summed E-state index contributed by atoms with van der Waals surface area (Å²) in [6, 6.07) is 6.96. The Kier molecular flexibility index (Phi) is 3.60. The van der Waals surface area contributed by atoms with Crippen LogP contribution in [0.25, 0.3) is 0 Å². The molecule has 2 aromatic rings. The first kappa shape index (κ1) is 14.3. The summed E-state index contributed by atoms with van der Waals surface area (Å²) in [4.78, 5) is 3.88. The van der Waals surface area contributed by atoms with E-state index >= 15 is 0 Å². The molecule has 112 valence electrons. The molecule has 2 heterocycles. The molecule has 4 nitrogen and oxygen atoms in total. The second-order valence-electron chi connectivity index (χ2n) is 4.67. The monoisotopic (exact) mass is 315 g/mol. The molecular weight excluding hydrogens is 303 g/mol. The van der Waals surface area contributed by atoms with Crippen LogP contribution in [0, 0.1) is 0 Å². The van der Waals surface area contributed by atoms with Crippen molar-refractivity contribution in [2.45, 2.75) is 18.1 Å². The zero-order valence-electron chi connectivity index (χ0n) is 10.7. The van der Waals surface area contributed by atoms with Gasteiger partial charge >= 0.3 is 6.18 Å². The molecule has 3 rings (SSSR count). The van der Waals surface area contributed by atoms with Gasteiger partial charge in [-0.25, -0.2) is 4.98 Å². The van der Waals surface area contributed by atoms with E-state index in [4.69, 9.17) is 10.6 Å². The third-order valence-corrected chi connectivity index (χ3v) is 4.52. The summed E-state index contributed by atoms with van der Waals surface area (Å²) in [7, 11) is 0. The number of nitrogens with zero attached hydrogens (tertiary/aromatic N) is 1. The SMILES string of the molecule is NNC(c1cnc(C(F)(F)F)s1)C1COc2ccccc21. The number of alkyl halides is 3. The lowest BCUT2D eigenvalue weighted by Crippen LogP contribution is -2.32. The van der Waals surface area contributed by atoms with Crippen molar-refractivity contribution in [3.8, 4) is 5.75 Å². The van der Waals surface area contributed by atoms with E-state index in [1.54, 1.807) is 0 Å². The first-order chi connectivity index (χ1) is 10.0. The van der Waals surface area contributed by atoms with Crippen LogP contribution in [0.15, 0.2) is 30.5 Å². The van der Waals surface area contributed by atoms with Gasteiger partial charge in [-0.2, -0.15) is 13.2 Å². The molecule has 0 bridgehead atoms. The number of nitrogens with two attached hydrogens (primary N) is 1. The highest BCUT2D eigenvalue weighted by Gasteiger charge is 2.38. The van der Waals surface area contributed by atoms with Crippen LogP contribution in [-0.2, 0) is 6.18 Å². The van der Waals surface area contributed by atoms with Gasteiger partial charge in [0.25, 0.3) is 0 Å². The van der Waals surface area contributed by atoms with Gasteiger partial charge in [0, 0.05) is 22.6 Å². The number of fused-ring (bicyclic) bond motifs is 1. The lowest BCUT2D eigenvalue weighted by atomic mass is 9.93. The highest BCUT2D eigenvalue weighted by atomic mass is 32.1. The van der Waals surface area contributed by atoms with Gasteiger partial charge in [-0.05, 0) is 6.07 Å². The molecular formula is C13H12F3N3OS.